The number of rotatable bonds is 2. The number of alkyl halides is 2. The van der Waals surface area contributed by atoms with Gasteiger partial charge >= 0.3 is 5.92 Å². The van der Waals surface area contributed by atoms with Crippen molar-refractivity contribution in [2.24, 2.45) is 11.1 Å². The van der Waals surface area contributed by atoms with E-state index < -0.39 is 18.4 Å². The fourth-order valence-electron chi connectivity index (χ4n) is 6.05. The number of aromatic nitrogens is 3. The van der Waals surface area contributed by atoms with Crippen LogP contribution in [-0.2, 0) is 18.9 Å². The molecule has 1 atom stereocenters. The maximum Gasteiger partial charge on any atom is 0.308 e. The van der Waals surface area contributed by atoms with Crippen LogP contribution in [0.4, 0.5) is 25.5 Å². The second-order valence-corrected chi connectivity index (χ2v) is 11.4. The molecule has 0 radical (unpaired) electrons. The standard InChI is InChI=1S/C25H28F2N8OS/c1-13-21(34-8-6-24(7-9-34)10-14-4-2-3-5-15(14)18(24)28)33-20(29)17(31-13)22(36)35-11-16-19(25(26,27)12-35)32-23(30)37-16/h2-5,18H,6-12,28H2,1H3,(H2,29,33)(H2,30,32)/t18-/m1/s1. The van der Waals surface area contributed by atoms with Gasteiger partial charge in [-0.3, -0.25) is 4.79 Å². The van der Waals surface area contributed by atoms with Gasteiger partial charge in [0.25, 0.3) is 5.91 Å². The molecule has 1 aliphatic carbocycles. The van der Waals surface area contributed by atoms with Crippen LogP contribution in [0.15, 0.2) is 24.3 Å². The molecule has 1 saturated heterocycles. The lowest BCUT2D eigenvalue weighted by atomic mass is 9.73. The molecule has 1 amide bonds. The summed E-state index contributed by atoms with van der Waals surface area (Å²) in [6.07, 6.45) is 2.76. The van der Waals surface area contributed by atoms with E-state index in [1.165, 1.54) is 11.1 Å². The van der Waals surface area contributed by atoms with Gasteiger partial charge in [0.05, 0.1) is 23.7 Å². The molecule has 4 heterocycles. The quantitative estimate of drug-likeness (QED) is 0.463. The van der Waals surface area contributed by atoms with Crippen LogP contribution in [0.1, 0.15) is 56.8 Å². The number of hydrogen-bond acceptors (Lipinski definition) is 9. The molecule has 1 aromatic carbocycles. The Kier molecular flexibility index (Phi) is 5.39. The summed E-state index contributed by atoms with van der Waals surface area (Å²) < 4.78 is 29.4. The van der Waals surface area contributed by atoms with Crippen LogP contribution in [0, 0.1) is 12.3 Å². The number of anilines is 3. The van der Waals surface area contributed by atoms with Gasteiger partial charge in [0.2, 0.25) is 0 Å². The molecule has 3 aliphatic rings. The van der Waals surface area contributed by atoms with Crippen molar-refractivity contribution in [2.45, 2.75) is 44.7 Å². The van der Waals surface area contributed by atoms with Crippen molar-refractivity contribution >= 4 is 34.0 Å². The predicted molar refractivity (Wildman–Crippen MR) is 137 cm³/mol. The minimum absolute atomic E-state index is 0.000167. The number of thiazole rings is 1. The van der Waals surface area contributed by atoms with E-state index in [-0.39, 0.29) is 45.2 Å². The zero-order chi connectivity index (χ0) is 26.1. The first-order valence-corrected chi connectivity index (χ1v) is 13.0. The number of nitrogens with zero attached hydrogens (tertiary/aromatic N) is 5. The molecule has 2 aromatic heterocycles. The smallest absolute Gasteiger partial charge is 0.308 e. The first-order valence-electron chi connectivity index (χ1n) is 12.2. The number of carbonyl (C=O) groups is 1. The van der Waals surface area contributed by atoms with Gasteiger partial charge in [0.15, 0.2) is 22.5 Å². The number of amides is 1. The molecule has 0 saturated carbocycles. The second-order valence-electron chi connectivity index (χ2n) is 10.3. The highest BCUT2D eigenvalue weighted by Crippen LogP contribution is 2.51. The van der Waals surface area contributed by atoms with Crippen LogP contribution in [0.2, 0.25) is 0 Å². The SMILES string of the molecule is Cc1nc(C(=O)N2Cc3sc(N)nc3C(F)(F)C2)c(N)nc1N1CCC2(CC1)Cc1ccccc1[C@H]2N. The maximum absolute atomic E-state index is 14.7. The van der Waals surface area contributed by atoms with Crippen molar-refractivity contribution in [3.63, 3.8) is 0 Å². The minimum atomic E-state index is -3.31. The monoisotopic (exact) mass is 526 g/mol. The number of piperidine rings is 1. The highest BCUT2D eigenvalue weighted by atomic mass is 32.1. The highest BCUT2D eigenvalue weighted by Gasteiger charge is 2.47. The molecule has 2 aliphatic heterocycles. The Balaban J connectivity index is 1.20. The number of aryl methyl sites for hydroxylation is 1. The van der Waals surface area contributed by atoms with E-state index in [2.05, 4.69) is 38.1 Å². The van der Waals surface area contributed by atoms with Crippen LogP contribution < -0.4 is 22.1 Å². The fourth-order valence-corrected chi connectivity index (χ4v) is 6.95. The lowest BCUT2D eigenvalue weighted by molar-refractivity contribution is -0.0478. The average molecular weight is 527 g/mol. The number of benzene rings is 1. The summed E-state index contributed by atoms with van der Waals surface area (Å²) >= 11 is 0.951. The van der Waals surface area contributed by atoms with Crippen LogP contribution in [0.5, 0.6) is 0 Å². The van der Waals surface area contributed by atoms with Gasteiger partial charge in [0.1, 0.15) is 5.69 Å². The predicted octanol–water partition coefficient (Wildman–Crippen LogP) is 3.00. The van der Waals surface area contributed by atoms with Crippen molar-refractivity contribution in [1.29, 1.82) is 0 Å². The number of fused-ring (bicyclic) bond motifs is 2. The van der Waals surface area contributed by atoms with Gasteiger partial charge in [0, 0.05) is 19.1 Å². The second kappa shape index (κ2) is 8.32. The van der Waals surface area contributed by atoms with E-state index in [1.807, 2.05) is 6.07 Å². The molecule has 3 aromatic rings. The van der Waals surface area contributed by atoms with Crippen LogP contribution in [-0.4, -0.2) is 45.4 Å². The third kappa shape index (κ3) is 3.81. The molecular formula is C25H28F2N8OS. The summed E-state index contributed by atoms with van der Waals surface area (Å²) in [6, 6.07) is 8.37. The summed E-state index contributed by atoms with van der Waals surface area (Å²) in [4.78, 5) is 29.3. The lowest BCUT2D eigenvalue weighted by Crippen LogP contribution is -2.45. The van der Waals surface area contributed by atoms with Crippen LogP contribution in [0.3, 0.4) is 0 Å². The van der Waals surface area contributed by atoms with Crippen LogP contribution in [0.25, 0.3) is 0 Å². The fraction of sp³-hybridized carbons (Fsp3) is 0.440. The zero-order valence-electron chi connectivity index (χ0n) is 20.4. The van der Waals surface area contributed by atoms with E-state index in [4.69, 9.17) is 17.2 Å². The van der Waals surface area contributed by atoms with Gasteiger partial charge in [-0.25, -0.2) is 15.0 Å². The summed E-state index contributed by atoms with van der Waals surface area (Å²) in [6.45, 7) is 2.38. The molecule has 0 bridgehead atoms. The third-order valence-corrected chi connectivity index (χ3v) is 8.87. The maximum atomic E-state index is 14.7. The van der Waals surface area contributed by atoms with Crippen molar-refractivity contribution < 1.29 is 13.6 Å². The molecule has 6 rings (SSSR count). The number of nitrogens with two attached hydrogens (primary N) is 3. The lowest BCUT2D eigenvalue weighted by Gasteiger charge is -2.43. The van der Waals surface area contributed by atoms with Gasteiger partial charge in [-0.15, -0.1) is 0 Å². The first kappa shape index (κ1) is 24.0. The van der Waals surface area contributed by atoms with Crippen molar-refractivity contribution in [3.8, 4) is 0 Å². The molecule has 194 valence electrons. The molecule has 37 heavy (non-hydrogen) atoms. The number of carbonyl (C=O) groups excluding carboxylic acids is 1. The summed E-state index contributed by atoms with van der Waals surface area (Å²) in [5, 5.41) is 0.0456. The normalized spacial score (nSPS) is 21.7. The van der Waals surface area contributed by atoms with Gasteiger partial charge in [-0.05, 0) is 42.7 Å². The Hall–Kier alpha value is -3.38. The molecule has 9 nitrogen and oxygen atoms in total. The van der Waals surface area contributed by atoms with E-state index in [0.717, 1.165) is 48.6 Å². The van der Waals surface area contributed by atoms with E-state index in [1.54, 1.807) is 6.92 Å². The summed E-state index contributed by atoms with van der Waals surface area (Å²) in [7, 11) is 0. The van der Waals surface area contributed by atoms with Gasteiger partial charge in [-0.1, -0.05) is 35.6 Å². The Morgan fingerprint density at radius 3 is 2.59 bits per heavy atom. The Morgan fingerprint density at radius 1 is 1.14 bits per heavy atom. The average Bonchev–Trinajstić information content (AvgIpc) is 3.38. The largest absolute Gasteiger partial charge is 0.382 e. The minimum Gasteiger partial charge on any atom is -0.382 e. The topological polar surface area (TPSA) is 140 Å². The summed E-state index contributed by atoms with van der Waals surface area (Å²) in [5.74, 6) is -3.47. The summed E-state index contributed by atoms with van der Waals surface area (Å²) in [5.41, 5.74) is 21.1. The molecule has 12 heteroatoms. The molecule has 0 unspecified atom stereocenters. The highest BCUT2D eigenvalue weighted by molar-refractivity contribution is 7.15. The Bertz CT molecular complexity index is 1400. The van der Waals surface area contributed by atoms with Crippen LogP contribution >= 0.6 is 11.3 Å². The molecule has 1 fully saturated rings. The van der Waals surface area contributed by atoms with Crippen molar-refractivity contribution in [1.82, 2.24) is 19.9 Å². The van der Waals surface area contributed by atoms with E-state index >= 15 is 0 Å². The Morgan fingerprint density at radius 2 is 1.86 bits per heavy atom. The van der Waals surface area contributed by atoms with Crippen molar-refractivity contribution in [2.75, 3.05) is 36.0 Å². The first-order chi connectivity index (χ1) is 17.6. The van der Waals surface area contributed by atoms with Gasteiger partial charge in [-0.2, -0.15) is 8.78 Å². The number of hydrogen-bond donors (Lipinski definition) is 3. The van der Waals surface area contributed by atoms with E-state index in [9.17, 15) is 13.6 Å². The molecular weight excluding hydrogens is 498 g/mol. The van der Waals surface area contributed by atoms with Gasteiger partial charge < -0.3 is 27.0 Å². The number of nitrogen functional groups attached to an aromatic ring is 2. The number of halogens is 2. The van der Waals surface area contributed by atoms with Crippen molar-refractivity contribution in [3.05, 3.63) is 57.4 Å². The zero-order valence-corrected chi connectivity index (χ0v) is 21.2. The molecule has 1 spiro atoms. The molecule has 6 N–H and O–H groups in total. The third-order valence-electron chi connectivity index (χ3n) is 8.00. The van der Waals surface area contributed by atoms with E-state index in [0.29, 0.717) is 11.5 Å². The Labute approximate surface area is 216 Å².